The maximum Gasteiger partial charge on any atom is 0.303 e. The fourth-order valence-corrected chi connectivity index (χ4v) is 1.89. The Kier molecular flexibility index (Phi) is 2.84. The zero-order chi connectivity index (χ0) is 11.5. The smallest absolute Gasteiger partial charge is 0.303 e. The molecule has 2 N–H and O–H groups in total. The Morgan fingerprint density at radius 2 is 2.44 bits per heavy atom. The highest BCUT2D eigenvalue weighted by Crippen LogP contribution is 2.20. The van der Waals surface area contributed by atoms with E-state index in [1.165, 1.54) is 6.33 Å². The summed E-state index contributed by atoms with van der Waals surface area (Å²) in [6.07, 6.45) is 2.12. The molecule has 1 atom stereocenters. The summed E-state index contributed by atoms with van der Waals surface area (Å²) in [6, 6.07) is 0. The van der Waals surface area contributed by atoms with Gasteiger partial charge in [-0.15, -0.1) is 0 Å². The minimum atomic E-state index is -0.820. The molecule has 1 aromatic heterocycles. The Labute approximate surface area is 91.5 Å². The van der Waals surface area contributed by atoms with Crippen molar-refractivity contribution in [2.75, 3.05) is 13.1 Å². The van der Waals surface area contributed by atoms with Crippen molar-refractivity contribution >= 4 is 11.9 Å². The van der Waals surface area contributed by atoms with Crippen molar-refractivity contribution < 1.29 is 14.7 Å². The third-order valence-electron chi connectivity index (χ3n) is 2.65. The van der Waals surface area contributed by atoms with E-state index in [4.69, 9.17) is 5.11 Å². The van der Waals surface area contributed by atoms with Crippen LogP contribution in [0, 0.1) is 5.92 Å². The molecule has 7 heteroatoms. The summed E-state index contributed by atoms with van der Waals surface area (Å²) in [6.45, 7) is 1.06. The van der Waals surface area contributed by atoms with Gasteiger partial charge < -0.3 is 10.0 Å². The number of likely N-dealkylation sites (tertiary alicyclic amines) is 1. The molecule has 2 rings (SSSR count). The lowest BCUT2D eigenvalue weighted by Crippen LogP contribution is -2.29. The molecule has 1 amide bonds. The number of nitrogens with one attached hydrogen (secondary N) is 1. The summed E-state index contributed by atoms with van der Waals surface area (Å²) in [4.78, 5) is 27.7. The molecule has 1 unspecified atom stereocenters. The number of rotatable bonds is 3. The standard InChI is InChI=1S/C9H12N4O3/c14-7(15)3-6-1-2-13(4-6)9(16)8-10-5-11-12-8/h5-6H,1-4H2,(H,14,15)(H,10,11,12). The number of carbonyl (C=O) groups is 2. The largest absolute Gasteiger partial charge is 0.481 e. The van der Waals surface area contributed by atoms with Crippen LogP contribution >= 0.6 is 0 Å². The molecule has 16 heavy (non-hydrogen) atoms. The van der Waals surface area contributed by atoms with E-state index in [9.17, 15) is 9.59 Å². The summed E-state index contributed by atoms with van der Waals surface area (Å²) >= 11 is 0. The molecule has 86 valence electrons. The van der Waals surface area contributed by atoms with Crippen molar-refractivity contribution in [3.63, 3.8) is 0 Å². The van der Waals surface area contributed by atoms with Gasteiger partial charge in [0.05, 0.1) is 0 Å². The van der Waals surface area contributed by atoms with Gasteiger partial charge in [0.1, 0.15) is 6.33 Å². The number of hydrogen-bond donors (Lipinski definition) is 2. The van der Waals surface area contributed by atoms with Crippen molar-refractivity contribution in [3.05, 3.63) is 12.2 Å². The van der Waals surface area contributed by atoms with Crippen molar-refractivity contribution in [1.29, 1.82) is 0 Å². The van der Waals surface area contributed by atoms with Crippen LogP contribution in [0.3, 0.4) is 0 Å². The molecular weight excluding hydrogens is 212 g/mol. The van der Waals surface area contributed by atoms with E-state index < -0.39 is 5.97 Å². The molecule has 1 saturated heterocycles. The van der Waals surface area contributed by atoms with Gasteiger partial charge >= 0.3 is 5.97 Å². The highest BCUT2D eigenvalue weighted by atomic mass is 16.4. The van der Waals surface area contributed by atoms with Crippen molar-refractivity contribution in [2.45, 2.75) is 12.8 Å². The second-order valence-electron chi connectivity index (χ2n) is 3.84. The lowest BCUT2D eigenvalue weighted by Gasteiger charge is -2.13. The van der Waals surface area contributed by atoms with Crippen LogP contribution in [0.2, 0.25) is 0 Å². The van der Waals surface area contributed by atoms with Gasteiger partial charge in [0.15, 0.2) is 0 Å². The Balaban J connectivity index is 1.94. The molecule has 1 fully saturated rings. The van der Waals surface area contributed by atoms with Crippen molar-refractivity contribution in [3.8, 4) is 0 Å². The van der Waals surface area contributed by atoms with E-state index in [1.807, 2.05) is 0 Å². The first-order valence-corrected chi connectivity index (χ1v) is 5.03. The zero-order valence-corrected chi connectivity index (χ0v) is 8.59. The summed E-state index contributed by atoms with van der Waals surface area (Å²) in [5.41, 5.74) is 0. The van der Waals surface area contributed by atoms with E-state index in [1.54, 1.807) is 4.90 Å². The number of aliphatic carboxylic acids is 1. The Morgan fingerprint density at radius 1 is 1.62 bits per heavy atom. The molecule has 0 aliphatic carbocycles. The highest BCUT2D eigenvalue weighted by molar-refractivity contribution is 5.90. The van der Waals surface area contributed by atoms with E-state index in [-0.39, 0.29) is 24.1 Å². The topological polar surface area (TPSA) is 99.2 Å². The van der Waals surface area contributed by atoms with E-state index >= 15 is 0 Å². The van der Waals surface area contributed by atoms with Gasteiger partial charge in [-0.25, -0.2) is 4.98 Å². The molecule has 0 spiro atoms. The fraction of sp³-hybridized carbons (Fsp3) is 0.556. The first-order chi connectivity index (χ1) is 7.66. The number of carboxylic acids is 1. The summed E-state index contributed by atoms with van der Waals surface area (Å²) in [5, 5.41) is 14.8. The quantitative estimate of drug-likeness (QED) is 0.737. The average molecular weight is 224 g/mol. The average Bonchev–Trinajstić information content (AvgIpc) is 2.84. The van der Waals surface area contributed by atoms with E-state index in [2.05, 4.69) is 15.2 Å². The molecule has 0 saturated carbocycles. The lowest BCUT2D eigenvalue weighted by molar-refractivity contribution is -0.138. The molecule has 2 heterocycles. The van der Waals surface area contributed by atoms with Gasteiger partial charge in [-0.3, -0.25) is 14.7 Å². The minimum Gasteiger partial charge on any atom is -0.481 e. The van der Waals surface area contributed by atoms with E-state index in [0.717, 1.165) is 6.42 Å². The molecular formula is C9H12N4O3. The maximum atomic E-state index is 11.8. The Morgan fingerprint density at radius 3 is 3.06 bits per heavy atom. The molecule has 0 bridgehead atoms. The number of H-pyrrole nitrogens is 1. The predicted octanol–water partition coefficient (Wildman–Crippen LogP) is -0.259. The van der Waals surface area contributed by atoms with E-state index in [0.29, 0.717) is 13.1 Å². The summed E-state index contributed by atoms with van der Waals surface area (Å²) in [7, 11) is 0. The second-order valence-corrected chi connectivity index (χ2v) is 3.84. The first-order valence-electron chi connectivity index (χ1n) is 5.03. The first kappa shape index (κ1) is 10.6. The van der Waals surface area contributed by atoms with Crippen molar-refractivity contribution in [2.24, 2.45) is 5.92 Å². The van der Waals surface area contributed by atoms with Crippen LogP contribution in [0.1, 0.15) is 23.5 Å². The molecule has 7 nitrogen and oxygen atoms in total. The van der Waals surface area contributed by atoms with Crippen LogP contribution in [0.4, 0.5) is 0 Å². The van der Waals surface area contributed by atoms with Gasteiger partial charge in [-0.1, -0.05) is 0 Å². The SMILES string of the molecule is O=C(O)CC1CCN(C(=O)c2ncn[nH]2)C1. The second kappa shape index (κ2) is 4.30. The lowest BCUT2D eigenvalue weighted by atomic mass is 10.1. The molecule has 1 aliphatic heterocycles. The number of carboxylic acid groups (broad SMARTS) is 1. The van der Waals surface area contributed by atoms with Crippen LogP contribution in [-0.2, 0) is 4.79 Å². The molecule has 0 aromatic carbocycles. The van der Waals surface area contributed by atoms with Gasteiger partial charge in [0, 0.05) is 19.5 Å². The third kappa shape index (κ3) is 2.18. The van der Waals surface area contributed by atoms with Gasteiger partial charge in [0.25, 0.3) is 5.91 Å². The third-order valence-corrected chi connectivity index (χ3v) is 2.65. The zero-order valence-electron chi connectivity index (χ0n) is 8.59. The maximum absolute atomic E-state index is 11.8. The van der Waals surface area contributed by atoms with Crippen molar-refractivity contribution in [1.82, 2.24) is 20.1 Å². The number of amides is 1. The number of carbonyl (C=O) groups excluding carboxylic acids is 1. The minimum absolute atomic E-state index is 0.0457. The molecule has 0 radical (unpaired) electrons. The predicted molar refractivity (Wildman–Crippen MR) is 52.6 cm³/mol. The number of aromatic nitrogens is 3. The fourth-order valence-electron chi connectivity index (χ4n) is 1.89. The van der Waals surface area contributed by atoms with Crippen LogP contribution in [-0.4, -0.2) is 50.2 Å². The number of nitrogens with zero attached hydrogens (tertiary/aromatic N) is 3. The van der Waals surface area contributed by atoms with Gasteiger partial charge in [-0.2, -0.15) is 5.10 Å². The summed E-state index contributed by atoms with van der Waals surface area (Å²) in [5.74, 6) is -0.787. The normalized spacial score (nSPS) is 20.0. The van der Waals surface area contributed by atoms with Crippen LogP contribution in [0.15, 0.2) is 6.33 Å². The monoisotopic (exact) mass is 224 g/mol. The molecule has 1 aromatic rings. The number of aromatic amines is 1. The Bertz CT molecular complexity index is 389. The van der Waals surface area contributed by atoms with Crippen LogP contribution < -0.4 is 0 Å². The Hall–Kier alpha value is -1.92. The van der Waals surface area contributed by atoms with Gasteiger partial charge in [0.2, 0.25) is 5.82 Å². The number of hydrogen-bond acceptors (Lipinski definition) is 4. The molecule has 1 aliphatic rings. The van der Waals surface area contributed by atoms with Crippen LogP contribution in [0.25, 0.3) is 0 Å². The summed E-state index contributed by atoms with van der Waals surface area (Å²) < 4.78 is 0. The highest BCUT2D eigenvalue weighted by Gasteiger charge is 2.29. The van der Waals surface area contributed by atoms with Crippen LogP contribution in [0.5, 0.6) is 0 Å². The van der Waals surface area contributed by atoms with Gasteiger partial charge in [-0.05, 0) is 12.3 Å².